The van der Waals surface area contributed by atoms with Crippen LogP contribution < -0.4 is 0 Å². The van der Waals surface area contributed by atoms with E-state index in [-0.39, 0.29) is 0 Å². The summed E-state index contributed by atoms with van der Waals surface area (Å²) in [6.45, 7) is 8.13. The molecule has 0 saturated carbocycles. The molecule has 0 saturated heterocycles. The molecule has 0 atom stereocenters. The molecular formula is C20H18. The molecule has 0 bridgehead atoms. The molecule has 0 N–H and O–H groups in total. The van der Waals surface area contributed by atoms with Gasteiger partial charge < -0.3 is 0 Å². The predicted molar refractivity (Wildman–Crippen MR) is 90.2 cm³/mol. The number of aryl methyl sites for hydroxylation is 2. The minimum absolute atomic E-state index is 1.30. The molecule has 0 unspecified atom stereocenters. The van der Waals surface area contributed by atoms with Crippen molar-refractivity contribution in [3.8, 4) is 0 Å². The van der Waals surface area contributed by atoms with Crippen LogP contribution in [0.3, 0.4) is 0 Å². The molecule has 3 rings (SSSR count). The van der Waals surface area contributed by atoms with E-state index in [0.29, 0.717) is 0 Å². The highest BCUT2D eigenvalue weighted by Gasteiger charge is 2.08. The number of rotatable bonds is 2. The van der Waals surface area contributed by atoms with Gasteiger partial charge in [0.2, 0.25) is 0 Å². The second kappa shape index (κ2) is 4.97. The summed E-state index contributed by atoms with van der Waals surface area (Å²) >= 11 is 0. The maximum Gasteiger partial charge on any atom is -0.00730 e. The van der Waals surface area contributed by atoms with Gasteiger partial charge in [-0.05, 0) is 52.1 Å². The number of fused-ring (bicyclic) bond motifs is 3. The summed E-state index contributed by atoms with van der Waals surface area (Å²) in [5.74, 6) is 0. The number of hydrogen-bond donors (Lipinski definition) is 0. The number of allylic oxidation sites excluding steroid dienone is 2. The van der Waals surface area contributed by atoms with Gasteiger partial charge >= 0.3 is 0 Å². The monoisotopic (exact) mass is 258 g/mol. The van der Waals surface area contributed by atoms with Gasteiger partial charge in [0.25, 0.3) is 0 Å². The summed E-state index contributed by atoms with van der Waals surface area (Å²) in [5.41, 5.74) is 3.92. The molecule has 3 aromatic rings. The smallest absolute Gasteiger partial charge is 0.00730 e. The van der Waals surface area contributed by atoms with Crippen LogP contribution in [0.15, 0.2) is 61.2 Å². The van der Waals surface area contributed by atoms with E-state index in [9.17, 15) is 0 Å². The summed E-state index contributed by atoms with van der Waals surface area (Å²) in [4.78, 5) is 0. The molecule has 0 spiro atoms. The molecule has 0 aliphatic rings. The van der Waals surface area contributed by atoms with Crippen LogP contribution in [-0.2, 0) is 0 Å². The summed E-state index contributed by atoms with van der Waals surface area (Å²) in [6.07, 6.45) is 6.00. The van der Waals surface area contributed by atoms with Crippen molar-refractivity contribution in [1.82, 2.24) is 0 Å². The zero-order valence-electron chi connectivity index (χ0n) is 12.0. The molecule has 0 heterocycles. The molecule has 0 amide bonds. The highest BCUT2D eigenvalue weighted by atomic mass is 14.1. The van der Waals surface area contributed by atoms with Crippen molar-refractivity contribution in [2.24, 2.45) is 0 Å². The molecule has 20 heavy (non-hydrogen) atoms. The summed E-state index contributed by atoms with van der Waals surface area (Å²) in [6, 6.07) is 15.3. The van der Waals surface area contributed by atoms with Gasteiger partial charge in [-0.1, -0.05) is 67.3 Å². The van der Waals surface area contributed by atoms with Crippen molar-refractivity contribution in [2.45, 2.75) is 13.8 Å². The van der Waals surface area contributed by atoms with E-state index in [0.717, 1.165) is 0 Å². The highest BCUT2D eigenvalue weighted by molar-refractivity contribution is 6.11. The van der Waals surface area contributed by atoms with E-state index in [2.05, 4.69) is 69.0 Å². The standard InChI is InChI=1S/C20H18/c1-4-5-9-17-14(2)11-12-19-18-10-7-6-8-16(18)13-15(3)20(17)19/h4-13H,1H2,2-3H3/b9-5-. The summed E-state index contributed by atoms with van der Waals surface area (Å²) in [5, 5.41) is 5.30. The SMILES string of the molecule is C=C/C=C\c1c(C)ccc2c1c(C)cc1ccccc12. The minimum atomic E-state index is 1.30. The Morgan fingerprint density at radius 1 is 0.900 bits per heavy atom. The van der Waals surface area contributed by atoms with Crippen LogP contribution in [-0.4, -0.2) is 0 Å². The van der Waals surface area contributed by atoms with Crippen molar-refractivity contribution in [3.63, 3.8) is 0 Å². The van der Waals surface area contributed by atoms with Gasteiger partial charge in [-0.2, -0.15) is 0 Å². The molecular weight excluding hydrogens is 240 g/mol. The molecule has 0 aromatic heterocycles. The number of hydrogen-bond acceptors (Lipinski definition) is 0. The molecule has 0 radical (unpaired) electrons. The Hall–Kier alpha value is -2.34. The molecule has 0 nitrogen and oxygen atoms in total. The van der Waals surface area contributed by atoms with Crippen molar-refractivity contribution < 1.29 is 0 Å². The van der Waals surface area contributed by atoms with Crippen molar-refractivity contribution in [2.75, 3.05) is 0 Å². The van der Waals surface area contributed by atoms with Gasteiger partial charge in [0.05, 0.1) is 0 Å². The van der Waals surface area contributed by atoms with Gasteiger partial charge in [0, 0.05) is 0 Å². The lowest BCUT2D eigenvalue weighted by molar-refractivity contribution is 1.46. The molecule has 0 aliphatic heterocycles. The largest absolute Gasteiger partial charge is 0.0991 e. The van der Waals surface area contributed by atoms with Gasteiger partial charge in [-0.3, -0.25) is 0 Å². The first kappa shape index (κ1) is 12.7. The topological polar surface area (TPSA) is 0 Å². The molecule has 0 heteroatoms. The maximum absolute atomic E-state index is 3.77. The summed E-state index contributed by atoms with van der Waals surface area (Å²) in [7, 11) is 0. The van der Waals surface area contributed by atoms with E-state index >= 15 is 0 Å². The second-order valence-electron chi connectivity index (χ2n) is 5.23. The van der Waals surface area contributed by atoms with Crippen LogP contribution in [0.4, 0.5) is 0 Å². The molecule has 0 fully saturated rings. The Labute approximate surface area is 120 Å². The van der Waals surface area contributed by atoms with Crippen LogP contribution in [0, 0.1) is 13.8 Å². The van der Waals surface area contributed by atoms with E-state index in [4.69, 9.17) is 0 Å². The van der Waals surface area contributed by atoms with Crippen LogP contribution in [0.1, 0.15) is 16.7 Å². The normalized spacial score (nSPS) is 11.5. The first-order valence-corrected chi connectivity index (χ1v) is 6.93. The second-order valence-corrected chi connectivity index (χ2v) is 5.23. The first-order valence-electron chi connectivity index (χ1n) is 6.93. The minimum Gasteiger partial charge on any atom is -0.0991 e. The Kier molecular flexibility index (Phi) is 3.15. The van der Waals surface area contributed by atoms with Crippen LogP contribution >= 0.6 is 0 Å². The van der Waals surface area contributed by atoms with Crippen LogP contribution in [0.2, 0.25) is 0 Å². The van der Waals surface area contributed by atoms with Gasteiger partial charge in [0.1, 0.15) is 0 Å². The summed E-state index contributed by atoms with van der Waals surface area (Å²) < 4.78 is 0. The molecule has 0 aliphatic carbocycles. The average Bonchev–Trinajstić information content (AvgIpc) is 2.46. The van der Waals surface area contributed by atoms with Crippen molar-refractivity contribution >= 4 is 27.6 Å². The first-order chi connectivity index (χ1) is 9.72. The fraction of sp³-hybridized carbons (Fsp3) is 0.100. The van der Waals surface area contributed by atoms with Crippen molar-refractivity contribution in [1.29, 1.82) is 0 Å². The lowest BCUT2D eigenvalue weighted by atomic mass is 9.92. The van der Waals surface area contributed by atoms with Crippen LogP contribution in [0.25, 0.3) is 27.6 Å². The fourth-order valence-corrected chi connectivity index (χ4v) is 2.93. The quantitative estimate of drug-likeness (QED) is 0.402. The number of benzene rings is 3. The highest BCUT2D eigenvalue weighted by Crippen LogP contribution is 2.33. The maximum atomic E-state index is 3.77. The van der Waals surface area contributed by atoms with E-state index < -0.39 is 0 Å². The van der Waals surface area contributed by atoms with Gasteiger partial charge in [-0.25, -0.2) is 0 Å². The molecule has 3 aromatic carbocycles. The third kappa shape index (κ3) is 1.94. The van der Waals surface area contributed by atoms with Gasteiger partial charge in [-0.15, -0.1) is 0 Å². The van der Waals surface area contributed by atoms with E-state index in [1.807, 2.05) is 12.2 Å². The predicted octanol–water partition coefficient (Wildman–Crippen LogP) is 5.81. The Balaban J connectivity index is 2.51. The zero-order valence-corrected chi connectivity index (χ0v) is 12.0. The van der Waals surface area contributed by atoms with Gasteiger partial charge in [0.15, 0.2) is 0 Å². The third-order valence-corrected chi connectivity index (χ3v) is 3.88. The fourth-order valence-electron chi connectivity index (χ4n) is 2.93. The van der Waals surface area contributed by atoms with Crippen LogP contribution in [0.5, 0.6) is 0 Å². The van der Waals surface area contributed by atoms with E-state index in [1.165, 1.54) is 38.2 Å². The lowest BCUT2D eigenvalue weighted by Crippen LogP contribution is -1.89. The third-order valence-electron chi connectivity index (χ3n) is 3.88. The molecule has 98 valence electrons. The zero-order chi connectivity index (χ0) is 14.1. The Bertz CT molecular complexity index is 835. The van der Waals surface area contributed by atoms with E-state index in [1.54, 1.807) is 0 Å². The lowest BCUT2D eigenvalue weighted by Gasteiger charge is -2.12. The Morgan fingerprint density at radius 3 is 2.50 bits per heavy atom. The van der Waals surface area contributed by atoms with Crippen molar-refractivity contribution in [3.05, 3.63) is 77.9 Å². The average molecular weight is 258 g/mol. The Morgan fingerprint density at radius 2 is 1.70 bits per heavy atom.